The molecule has 2 rings (SSSR count). The molecular formula is C20H34N4O4. The summed E-state index contributed by atoms with van der Waals surface area (Å²) in [4.78, 5) is 6.78. The minimum absolute atomic E-state index is 0.388. The molecule has 1 aromatic rings. The minimum Gasteiger partial charge on any atom is -0.493 e. The van der Waals surface area contributed by atoms with Gasteiger partial charge < -0.3 is 29.6 Å². The molecule has 2 atom stereocenters. The largest absolute Gasteiger partial charge is 0.493 e. The smallest absolute Gasteiger partial charge is 0.203 e. The lowest BCUT2D eigenvalue weighted by Crippen LogP contribution is -2.52. The average Bonchev–Trinajstić information content (AvgIpc) is 2.73. The third-order valence-corrected chi connectivity index (χ3v) is 4.96. The van der Waals surface area contributed by atoms with E-state index in [2.05, 4.69) is 34.4 Å². The molecular weight excluding hydrogens is 360 g/mol. The molecule has 1 aliphatic rings. The van der Waals surface area contributed by atoms with Gasteiger partial charge in [0.2, 0.25) is 5.75 Å². The summed E-state index contributed by atoms with van der Waals surface area (Å²) in [6, 6.07) is 4.68. The number of aliphatic imine (C=N–C) groups is 1. The van der Waals surface area contributed by atoms with Crippen molar-refractivity contribution in [1.82, 2.24) is 15.5 Å². The zero-order chi connectivity index (χ0) is 20.5. The standard InChI is InChI=1S/C20H34N4O4/c1-14(24-7-8-28-13-15(24)2)11-22-20(21-3)23-12-16-9-17(25-4)19(27-6)18(10-16)26-5/h9-10,14-15H,7-8,11-13H2,1-6H3,(H2,21,22,23). The van der Waals surface area contributed by atoms with Crippen molar-refractivity contribution in [1.29, 1.82) is 0 Å². The monoisotopic (exact) mass is 394 g/mol. The topological polar surface area (TPSA) is 76.6 Å². The van der Waals surface area contributed by atoms with E-state index in [1.807, 2.05) is 12.1 Å². The van der Waals surface area contributed by atoms with Crippen LogP contribution >= 0.6 is 0 Å². The van der Waals surface area contributed by atoms with Gasteiger partial charge >= 0.3 is 0 Å². The van der Waals surface area contributed by atoms with Crippen LogP contribution in [0.4, 0.5) is 0 Å². The summed E-state index contributed by atoms with van der Waals surface area (Å²) in [6.07, 6.45) is 0. The van der Waals surface area contributed by atoms with Gasteiger partial charge in [-0.25, -0.2) is 0 Å². The van der Waals surface area contributed by atoms with Crippen molar-refractivity contribution in [2.75, 3.05) is 54.7 Å². The van der Waals surface area contributed by atoms with E-state index in [0.29, 0.717) is 35.9 Å². The third kappa shape index (κ3) is 5.65. The number of guanidine groups is 1. The zero-order valence-corrected chi connectivity index (χ0v) is 17.9. The Kier molecular flexibility index (Phi) is 8.66. The SMILES string of the molecule is CN=C(NCc1cc(OC)c(OC)c(OC)c1)NCC(C)N1CCOCC1C. The van der Waals surface area contributed by atoms with Crippen LogP contribution in [-0.2, 0) is 11.3 Å². The molecule has 0 saturated carbocycles. The van der Waals surface area contributed by atoms with Crippen LogP contribution in [0.2, 0.25) is 0 Å². The van der Waals surface area contributed by atoms with Crippen molar-refractivity contribution in [2.45, 2.75) is 32.5 Å². The fraction of sp³-hybridized carbons (Fsp3) is 0.650. The normalized spacial score (nSPS) is 19.1. The van der Waals surface area contributed by atoms with E-state index >= 15 is 0 Å². The maximum atomic E-state index is 5.52. The average molecular weight is 395 g/mol. The van der Waals surface area contributed by atoms with Crippen LogP contribution in [0.15, 0.2) is 17.1 Å². The summed E-state index contributed by atoms with van der Waals surface area (Å²) in [5, 5.41) is 6.75. The molecule has 1 aromatic carbocycles. The summed E-state index contributed by atoms with van der Waals surface area (Å²) in [5.41, 5.74) is 1.01. The second-order valence-electron chi connectivity index (χ2n) is 6.85. The Hall–Kier alpha value is -2.19. The van der Waals surface area contributed by atoms with Gasteiger partial charge in [0.1, 0.15) is 0 Å². The molecule has 0 aromatic heterocycles. The molecule has 1 saturated heterocycles. The first-order chi connectivity index (χ1) is 13.5. The van der Waals surface area contributed by atoms with Gasteiger partial charge in [0.05, 0.1) is 34.5 Å². The number of rotatable bonds is 8. The Morgan fingerprint density at radius 2 is 1.89 bits per heavy atom. The predicted octanol–water partition coefficient (Wildman–Crippen LogP) is 1.49. The van der Waals surface area contributed by atoms with Crippen molar-refractivity contribution in [2.24, 2.45) is 4.99 Å². The van der Waals surface area contributed by atoms with Crippen molar-refractivity contribution < 1.29 is 18.9 Å². The van der Waals surface area contributed by atoms with Crippen LogP contribution in [-0.4, -0.2) is 77.6 Å². The molecule has 1 aliphatic heterocycles. The predicted molar refractivity (Wildman–Crippen MR) is 111 cm³/mol. The van der Waals surface area contributed by atoms with Gasteiger partial charge in [-0.2, -0.15) is 0 Å². The highest BCUT2D eigenvalue weighted by Crippen LogP contribution is 2.38. The lowest BCUT2D eigenvalue weighted by Gasteiger charge is -2.38. The van der Waals surface area contributed by atoms with Gasteiger partial charge in [0.15, 0.2) is 17.5 Å². The van der Waals surface area contributed by atoms with Crippen molar-refractivity contribution in [3.8, 4) is 17.2 Å². The van der Waals surface area contributed by atoms with Gasteiger partial charge in [-0.15, -0.1) is 0 Å². The van der Waals surface area contributed by atoms with E-state index in [0.717, 1.165) is 37.8 Å². The summed E-state index contributed by atoms with van der Waals surface area (Å²) < 4.78 is 21.7. The number of nitrogens with one attached hydrogen (secondary N) is 2. The van der Waals surface area contributed by atoms with Crippen LogP contribution in [0.3, 0.4) is 0 Å². The summed E-state index contributed by atoms with van der Waals surface area (Å²) in [6.45, 7) is 8.36. The summed E-state index contributed by atoms with van der Waals surface area (Å²) in [7, 11) is 6.60. The quantitative estimate of drug-likeness (QED) is 0.511. The van der Waals surface area contributed by atoms with E-state index < -0.39 is 0 Å². The van der Waals surface area contributed by atoms with Gasteiger partial charge in [0.25, 0.3) is 0 Å². The first-order valence-corrected chi connectivity index (χ1v) is 9.60. The Labute approximate surface area is 168 Å². The van der Waals surface area contributed by atoms with E-state index in [9.17, 15) is 0 Å². The lowest BCUT2D eigenvalue weighted by atomic mass is 10.1. The summed E-state index contributed by atoms with van der Waals surface area (Å²) >= 11 is 0. The molecule has 0 aliphatic carbocycles. The molecule has 0 bridgehead atoms. The maximum Gasteiger partial charge on any atom is 0.203 e. The molecule has 0 radical (unpaired) electrons. The molecule has 2 unspecified atom stereocenters. The number of ether oxygens (including phenoxy) is 4. The Morgan fingerprint density at radius 1 is 1.21 bits per heavy atom. The molecule has 2 N–H and O–H groups in total. The molecule has 158 valence electrons. The molecule has 28 heavy (non-hydrogen) atoms. The van der Waals surface area contributed by atoms with Gasteiger partial charge in [-0.05, 0) is 31.5 Å². The van der Waals surface area contributed by atoms with Crippen molar-refractivity contribution in [3.05, 3.63) is 17.7 Å². The number of hydrogen-bond donors (Lipinski definition) is 2. The second-order valence-corrected chi connectivity index (χ2v) is 6.85. The molecule has 1 heterocycles. The van der Waals surface area contributed by atoms with E-state index in [1.54, 1.807) is 28.4 Å². The molecule has 1 fully saturated rings. The number of hydrogen-bond acceptors (Lipinski definition) is 6. The number of nitrogens with zero attached hydrogens (tertiary/aromatic N) is 2. The van der Waals surface area contributed by atoms with Gasteiger partial charge in [0, 0.05) is 38.8 Å². The Bertz CT molecular complexity index is 628. The lowest BCUT2D eigenvalue weighted by molar-refractivity contribution is -0.0174. The second kappa shape index (κ2) is 11.0. The van der Waals surface area contributed by atoms with Crippen LogP contribution < -0.4 is 24.8 Å². The van der Waals surface area contributed by atoms with E-state index in [4.69, 9.17) is 18.9 Å². The van der Waals surface area contributed by atoms with Crippen LogP contribution in [0.1, 0.15) is 19.4 Å². The van der Waals surface area contributed by atoms with Crippen molar-refractivity contribution >= 4 is 5.96 Å². The first-order valence-electron chi connectivity index (χ1n) is 9.60. The van der Waals surface area contributed by atoms with Crippen LogP contribution in [0.25, 0.3) is 0 Å². The van der Waals surface area contributed by atoms with Gasteiger partial charge in [-0.3, -0.25) is 9.89 Å². The highest BCUT2D eigenvalue weighted by atomic mass is 16.5. The summed E-state index contributed by atoms with van der Waals surface area (Å²) in [5.74, 6) is 2.61. The van der Waals surface area contributed by atoms with E-state index in [-0.39, 0.29) is 0 Å². The van der Waals surface area contributed by atoms with E-state index in [1.165, 1.54) is 0 Å². The molecule has 8 heteroatoms. The number of benzene rings is 1. The molecule has 0 amide bonds. The Balaban J connectivity index is 1.93. The molecule has 0 spiro atoms. The zero-order valence-electron chi connectivity index (χ0n) is 17.9. The number of methoxy groups -OCH3 is 3. The minimum atomic E-state index is 0.388. The first kappa shape index (κ1) is 22.1. The van der Waals surface area contributed by atoms with Crippen LogP contribution in [0.5, 0.6) is 17.2 Å². The fourth-order valence-corrected chi connectivity index (χ4v) is 3.40. The highest BCUT2D eigenvalue weighted by Gasteiger charge is 2.23. The maximum absolute atomic E-state index is 5.52. The van der Waals surface area contributed by atoms with Crippen molar-refractivity contribution in [3.63, 3.8) is 0 Å². The van der Waals surface area contributed by atoms with Gasteiger partial charge in [-0.1, -0.05) is 0 Å². The highest BCUT2D eigenvalue weighted by molar-refractivity contribution is 5.79. The fourth-order valence-electron chi connectivity index (χ4n) is 3.40. The third-order valence-electron chi connectivity index (χ3n) is 4.96. The number of morpholine rings is 1. The molecule has 8 nitrogen and oxygen atoms in total. The van der Waals surface area contributed by atoms with Crippen LogP contribution in [0, 0.1) is 0 Å². The Morgan fingerprint density at radius 3 is 2.43 bits per heavy atom.